The first kappa shape index (κ1) is 20.6. The van der Waals surface area contributed by atoms with Crippen molar-refractivity contribution in [3.05, 3.63) is 35.9 Å². The summed E-state index contributed by atoms with van der Waals surface area (Å²) in [7, 11) is 1.11. The molecule has 2 N–H and O–H groups in total. The van der Waals surface area contributed by atoms with E-state index in [4.69, 9.17) is 15.2 Å². The van der Waals surface area contributed by atoms with Crippen LogP contribution in [0.4, 0.5) is 0 Å². The summed E-state index contributed by atoms with van der Waals surface area (Å²) in [6, 6.07) is 9.14. The van der Waals surface area contributed by atoms with Gasteiger partial charge in [0.1, 0.15) is 12.2 Å². The second kappa shape index (κ2) is 8.62. The van der Waals surface area contributed by atoms with Crippen LogP contribution in [0.15, 0.2) is 30.3 Å². The molecular weight excluding hydrogens is 326 g/mol. The molecule has 0 spiro atoms. The smallest absolute Gasteiger partial charge is 0.338 e. The van der Waals surface area contributed by atoms with Gasteiger partial charge in [-0.15, -0.1) is 0 Å². The van der Waals surface area contributed by atoms with Crippen LogP contribution in [-0.2, 0) is 35.2 Å². The van der Waals surface area contributed by atoms with E-state index in [1.165, 1.54) is 0 Å². The van der Waals surface area contributed by atoms with Crippen molar-refractivity contribution in [1.29, 1.82) is 0 Å². The van der Waals surface area contributed by atoms with E-state index in [9.17, 15) is 14.4 Å². The molecule has 0 bridgehead atoms. The maximum absolute atomic E-state index is 12.3. The Morgan fingerprint density at radius 1 is 1.04 bits per heavy atom. The summed E-state index contributed by atoms with van der Waals surface area (Å²) >= 11 is 0. The summed E-state index contributed by atoms with van der Waals surface area (Å²) in [5.74, 6) is -2.48. The monoisotopic (exact) mass is 351 g/mol. The highest BCUT2D eigenvalue weighted by Crippen LogP contribution is 2.19. The van der Waals surface area contributed by atoms with Gasteiger partial charge in [0.25, 0.3) is 0 Å². The van der Waals surface area contributed by atoms with Crippen LogP contribution in [-0.4, -0.2) is 36.2 Å². The predicted molar refractivity (Wildman–Crippen MR) is 90.3 cm³/mol. The molecule has 0 aliphatic heterocycles. The van der Waals surface area contributed by atoms with Crippen LogP contribution < -0.4 is 5.73 Å². The molecule has 7 nitrogen and oxygen atoms in total. The van der Waals surface area contributed by atoms with Gasteiger partial charge in [0.15, 0.2) is 0 Å². The summed E-state index contributed by atoms with van der Waals surface area (Å²) < 4.78 is 14.9. The van der Waals surface area contributed by atoms with Gasteiger partial charge >= 0.3 is 17.9 Å². The number of carbonyl (C=O) groups is 3. The number of rotatable bonds is 7. The first-order chi connectivity index (χ1) is 11.6. The molecule has 138 valence electrons. The van der Waals surface area contributed by atoms with E-state index in [2.05, 4.69) is 4.74 Å². The lowest BCUT2D eigenvalue weighted by Crippen LogP contribution is -2.57. The number of hydrogen-bond acceptors (Lipinski definition) is 7. The predicted octanol–water partition coefficient (Wildman–Crippen LogP) is 1.72. The standard InChI is InChI=1S/C18H25NO6/c1-17(2,3)25-16(22)18(19,15(21)23-4)11-10-14(20)24-12-13-8-6-5-7-9-13/h5-9H,10-12,19H2,1-4H3. The summed E-state index contributed by atoms with van der Waals surface area (Å²) in [6.07, 6.45) is -0.500. The molecule has 7 heteroatoms. The quantitative estimate of drug-likeness (QED) is 0.453. The summed E-state index contributed by atoms with van der Waals surface area (Å²) in [5.41, 5.74) is 3.84. The summed E-state index contributed by atoms with van der Waals surface area (Å²) in [5, 5.41) is 0. The van der Waals surface area contributed by atoms with Crippen molar-refractivity contribution in [2.24, 2.45) is 5.73 Å². The van der Waals surface area contributed by atoms with Gasteiger partial charge in [0, 0.05) is 6.42 Å². The van der Waals surface area contributed by atoms with Gasteiger partial charge in [0.2, 0.25) is 5.54 Å². The number of ether oxygens (including phenoxy) is 3. The van der Waals surface area contributed by atoms with Crippen LogP contribution in [0, 0.1) is 0 Å². The van der Waals surface area contributed by atoms with Gasteiger partial charge < -0.3 is 19.9 Å². The first-order valence-electron chi connectivity index (χ1n) is 7.89. The molecule has 0 aromatic heterocycles. The highest BCUT2D eigenvalue weighted by atomic mass is 16.6. The number of nitrogens with two attached hydrogens (primary N) is 1. The van der Waals surface area contributed by atoms with E-state index >= 15 is 0 Å². The number of esters is 3. The Hall–Kier alpha value is -2.41. The molecule has 1 atom stereocenters. The molecule has 25 heavy (non-hydrogen) atoms. The largest absolute Gasteiger partial charge is 0.467 e. The molecule has 0 heterocycles. The van der Waals surface area contributed by atoms with Crippen molar-refractivity contribution in [2.75, 3.05) is 7.11 Å². The Morgan fingerprint density at radius 3 is 2.16 bits per heavy atom. The molecule has 0 radical (unpaired) electrons. The van der Waals surface area contributed by atoms with Gasteiger partial charge in [-0.1, -0.05) is 30.3 Å². The number of hydrogen-bond donors (Lipinski definition) is 1. The second-order valence-corrected chi connectivity index (χ2v) is 6.61. The Balaban J connectivity index is 2.67. The van der Waals surface area contributed by atoms with Crippen molar-refractivity contribution >= 4 is 17.9 Å². The topological polar surface area (TPSA) is 105 Å². The number of carbonyl (C=O) groups excluding carboxylic acids is 3. The Labute approximate surface area is 147 Å². The fourth-order valence-corrected chi connectivity index (χ4v) is 1.95. The maximum atomic E-state index is 12.3. The zero-order valence-electron chi connectivity index (χ0n) is 15.0. The molecule has 1 aromatic rings. The molecule has 0 saturated carbocycles. The van der Waals surface area contributed by atoms with E-state index in [0.717, 1.165) is 12.7 Å². The lowest BCUT2D eigenvalue weighted by molar-refractivity contribution is -0.171. The minimum atomic E-state index is -2.06. The van der Waals surface area contributed by atoms with Gasteiger partial charge in [-0.05, 0) is 32.8 Å². The fourth-order valence-electron chi connectivity index (χ4n) is 1.95. The van der Waals surface area contributed by atoms with E-state index < -0.39 is 29.0 Å². The van der Waals surface area contributed by atoms with E-state index in [1.54, 1.807) is 20.8 Å². The van der Waals surface area contributed by atoms with Gasteiger partial charge in [-0.2, -0.15) is 0 Å². The third kappa shape index (κ3) is 6.54. The second-order valence-electron chi connectivity index (χ2n) is 6.61. The molecule has 0 amide bonds. The lowest BCUT2D eigenvalue weighted by Gasteiger charge is -2.28. The van der Waals surface area contributed by atoms with Gasteiger partial charge in [0.05, 0.1) is 7.11 Å². The Morgan fingerprint density at radius 2 is 1.64 bits per heavy atom. The van der Waals surface area contributed by atoms with E-state index in [1.807, 2.05) is 30.3 Å². The Kier molecular flexibility index (Phi) is 7.11. The SMILES string of the molecule is COC(=O)C(N)(CCC(=O)OCc1ccccc1)C(=O)OC(C)(C)C. The van der Waals surface area contributed by atoms with Gasteiger partial charge in [-0.3, -0.25) is 4.79 Å². The average Bonchev–Trinajstić information content (AvgIpc) is 2.56. The maximum Gasteiger partial charge on any atom is 0.338 e. The van der Waals surface area contributed by atoms with Crippen LogP contribution in [0.2, 0.25) is 0 Å². The van der Waals surface area contributed by atoms with Gasteiger partial charge in [-0.25, -0.2) is 9.59 Å². The number of benzene rings is 1. The molecular formula is C18H25NO6. The first-order valence-corrected chi connectivity index (χ1v) is 7.89. The highest BCUT2D eigenvalue weighted by Gasteiger charge is 2.46. The fraction of sp³-hybridized carbons (Fsp3) is 0.500. The normalized spacial score (nSPS) is 13.5. The molecule has 0 fully saturated rings. The molecule has 1 aromatic carbocycles. The van der Waals surface area contributed by atoms with Crippen molar-refractivity contribution in [3.8, 4) is 0 Å². The molecule has 0 aliphatic rings. The molecule has 1 rings (SSSR count). The van der Waals surface area contributed by atoms with Crippen molar-refractivity contribution < 1.29 is 28.6 Å². The molecule has 0 aliphatic carbocycles. The lowest BCUT2D eigenvalue weighted by atomic mass is 9.94. The third-order valence-corrected chi connectivity index (χ3v) is 3.28. The average molecular weight is 351 g/mol. The van der Waals surface area contributed by atoms with Crippen LogP contribution in [0.25, 0.3) is 0 Å². The van der Waals surface area contributed by atoms with Crippen molar-refractivity contribution in [3.63, 3.8) is 0 Å². The van der Waals surface area contributed by atoms with Crippen LogP contribution in [0.1, 0.15) is 39.2 Å². The van der Waals surface area contributed by atoms with E-state index in [0.29, 0.717) is 0 Å². The van der Waals surface area contributed by atoms with Crippen LogP contribution in [0.3, 0.4) is 0 Å². The van der Waals surface area contributed by atoms with Crippen LogP contribution in [0.5, 0.6) is 0 Å². The molecule has 0 saturated heterocycles. The van der Waals surface area contributed by atoms with Crippen molar-refractivity contribution in [2.45, 2.75) is 51.4 Å². The highest BCUT2D eigenvalue weighted by molar-refractivity contribution is 6.05. The molecule has 1 unspecified atom stereocenters. The minimum absolute atomic E-state index is 0.0991. The zero-order chi connectivity index (χ0) is 19.1. The minimum Gasteiger partial charge on any atom is -0.467 e. The van der Waals surface area contributed by atoms with E-state index in [-0.39, 0.29) is 19.4 Å². The zero-order valence-corrected chi connectivity index (χ0v) is 15.0. The third-order valence-electron chi connectivity index (χ3n) is 3.28. The number of methoxy groups -OCH3 is 1. The Bertz CT molecular complexity index is 608. The summed E-state index contributed by atoms with van der Waals surface area (Å²) in [6.45, 7) is 5.05. The van der Waals surface area contributed by atoms with Crippen molar-refractivity contribution in [1.82, 2.24) is 0 Å². The van der Waals surface area contributed by atoms with Crippen LogP contribution >= 0.6 is 0 Å². The summed E-state index contributed by atoms with van der Waals surface area (Å²) in [4.78, 5) is 36.1.